The Labute approximate surface area is 171 Å². The summed E-state index contributed by atoms with van der Waals surface area (Å²) in [6, 6.07) is 14.2. The Morgan fingerprint density at radius 2 is 1.62 bits per heavy atom. The molecule has 4 rings (SSSR count). The van der Waals surface area contributed by atoms with Crippen LogP contribution in [0.3, 0.4) is 0 Å². The van der Waals surface area contributed by atoms with Gasteiger partial charge in [0.1, 0.15) is 5.75 Å². The maximum Gasteiger partial charge on any atom is 0.258 e. The SMILES string of the molecule is CC(C)(C)c1ccc(S(=O)(=O)N2CCC3(CC2)NC(=O)c2ccccc2O3)cc1. The van der Waals surface area contributed by atoms with Gasteiger partial charge in [-0.3, -0.25) is 4.79 Å². The number of nitrogens with one attached hydrogen (secondary N) is 1. The third-order valence-electron chi connectivity index (χ3n) is 5.67. The van der Waals surface area contributed by atoms with E-state index in [0.717, 1.165) is 5.56 Å². The summed E-state index contributed by atoms with van der Waals surface area (Å²) < 4.78 is 33.7. The van der Waals surface area contributed by atoms with Crippen LogP contribution in [-0.4, -0.2) is 37.4 Å². The Balaban J connectivity index is 1.50. The molecular weight excluding hydrogens is 388 g/mol. The lowest BCUT2D eigenvalue weighted by atomic mass is 9.87. The predicted octanol–water partition coefficient (Wildman–Crippen LogP) is 3.29. The van der Waals surface area contributed by atoms with Crippen LogP contribution in [0.15, 0.2) is 53.4 Å². The topological polar surface area (TPSA) is 75.7 Å². The first-order valence-corrected chi connectivity index (χ1v) is 11.3. The van der Waals surface area contributed by atoms with E-state index < -0.39 is 15.7 Å². The molecule has 0 aromatic heterocycles. The van der Waals surface area contributed by atoms with Gasteiger partial charge in [-0.2, -0.15) is 4.31 Å². The van der Waals surface area contributed by atoms with Crippen LogP contribution in [0.1, 0.15) is 49.5 Å². The van der Waals surface area contributed by atoms with Crippen molar-refractivity contribution in [3.05, 3.63) is 59.7 Å². The molecule has 2 aromatic rings. The van der Waals surface area contributed by atoms with Crippen molar-refractivity contribution in [3.63, 3.8) is 0 Å². The fourth-order valence-corrected chi connectivity index (χ4v) is 5.29. The number of nitrogens with zero attached hydrogens (tertiary/aromatic N) is 1. The number of carbonyl (C=O) groups excluding carboxylic acids is 1. The highest BCUT2D eigenvalue weighted by Gasteiger charge is 2.44. The van der Waals surface area contributed by atoms with Gasteiger partial charge in [0.25, 0.3) is 5.91 Å². The second-order valence-corrected chi connectivity index (χ2v) is 10.7. The molecule has 2 aliphatic heterocycles. The molecule has 0 aliphatic carbocycles. The first-order chi connectivity index (χ1) is 13.6. The number of fused-ring (bicyclic) bond motifs is 1. The average molecular weight is 415 g/mol. The molecule has 0 unspecified atom stereocenters. The van der Waals surface area contributed by atoms with Crippen molar-refractivity contribution < 1.29 is 17.9 Å². The Kier molecular flexibility index (Phi) is 4.70. The van der Waals surface area contributed by atoms with Gasteiger partial charge >= 0.3 is 0 Å². The lowest BCUT2D eigenvalue weighted by Gasteiger charge is -2.44. The summed E-state index contributed by atoms with van der Waals surface area (Å²) >= 11 is 0. The lowest BCUT2D eigenvalue weighted by Crippen LogP contribution is -2.61. The molecule has 1 amide bonds. The van der Waals surface area contributed by atoms with Crippen molar-refractivity contribution in [1.29, 1.82) is 0 Å². The number of para-hydroxylation sites is 1. The van der Waals surface area contributed by atoms with Gasteiger partial charge in [-0.05, 0) is 35.2 Å². The second kappa shape index (κ2) is 6.85. The minimum atomic E-state index is -3.59. The van der Waals surface area contributed by atoms with Crippen molar-refractivity contribution >= 4 is 15.9 Å². The molecule has 1 N–H and O–H groups in total. The molecule has 0 atom stereocenters. The first-order valence-electron chi connectivity index (χ1n) is 9.82. The zero-order valence-corrected chi connectivity index (χ0v) is 17.8. The lowest BCUT2D eigenvalue weighted by molar-refractivity contribution is -0.0155. The van der Waals surface area contributed by atoms with E-state index in [4.69, 9.17) is 4.74 Å². The van der Waals surface area contributed by atoms with Crippen molar-refractivity contribution in [1.82, 2.24) is 9.62 Å². The molecule has 6 nitrogen and oxygen atoms in total. The van der Waals surface area contributed by atoms with E-state index in [9.17, 15) is 13.2 Å². The van der Waals surface area contributed by atoms with Crippen molar-refractivity contribution in [2.24, 2.45) is 0 Å². The number of hydrogen-bond donors (Lipinski definition) is 1. The van der Waals surface area contributed by atoms with Gasteiger partial charge in [0.05, 0.1) is 10.5 Å². The zero-order valence-electron chi connectivity index (χ0n) is 16.9. The van der Waals surface area contributed by atoms with Crippen molar-refractivity contribution in [2.75, 3.05) is 13.1 Å². The Bertz CT molecular complexity index is 1030. The molecule has 0 radical (unpaired) electrons. The van der Waals surface area contributed by atoms with E-state index in [0.29, 0.717) is 29.1 Å². The largest absolute Gasteiger partial charge is 0.467 e. The molecule has 2 heterocycles. The summed E-state index contributed by atoms with van der Waals surface area (Å²) in [5.41, 5.74) is 0.707. The molecule has 0 bridgehead atoms. The third kappa shape index (κ3) is 3.65. The number of amides is 1. The Morgan fingerprint density at radius 3 is 2.24 bits per heavy atom. The van der Waals surface area contributed by atoms with Crippen molar-refractivity contribution in [3.8, 4) is 5.75 Å². The maximum atomic E-state index is 13.1. The number of ether oxygens (including phenoxy) is 1. The molecule has 1 fully saturated rings. The van der Waals surface area contributed by atoms with Gasteiger partial charge in [0.2, 0.25) is 10.0 Å². The Hall–Kier alpha value is -2.38. The summed E-state index contributed by atoms with van der Waals surface area (Å²) in [5.74, 6) is 0.367. The summed E-state index contributed by atoms with van der Waals surface area (Å²) in [7, 11) is -3.59. The van der Waals surface area contributed by atoms with E-state index in [1.165, 1.54) is 4.31 Å². The summed E-state index contributed by atoms with van der Waals surface area (Å²) in [6.07, 6.45) is 0.790. The molecule has 154 valence electrons. The standard InChI is InChI=1S/C22H26N2O4S/c1-21(2,3)16-8-10-17(11-9-16)29(26,27)24-14-12-22(13-15-24)23-20(25)18-6-4-5-7-19(18)28-22/h4-11H,12-15H2,1-3H3,(H,23,25). The molecule has 1 spiro atoms. The fraction of sp³-hybridized carbons (Fsp3) is 0.409. The van der Waals surface area contributed by atoms with Gasteiger partial charge in [-0.1, -0.05) is 45.0 Å². The fourth-order valence-electron chi connectivity index (χ4n) is 3.84. The van der Waals surface area contributed by atoms with Crippen LogP contribution < -0.4 is 10.1 Å². The highest BCUT2D eigenvalue weighted by Crippen LogP contribution is 2.35. The molecule has 2 aliphatic rings. The van der Waals surface area contributed by atoms with Gasteiger partial charge in [0, 0.05) is 25.9 Å². The van der Waals surface area contributed by atoms with E-state index >= 15 is 0 Å². The van der Waals surface area contributed by atoms with Gasteiger partial charge < -0.3 is 10.1 Å². The van der Waals surface area contributed by atoms with Crippen LogP contribution in [0.5, 0.6) is 5.75 Å². The summed E-state index contributed by atoms with van der Waals surface area (Å²) in [4.78, 5) is 12.7. The highest BCUT2D eigenvalue weighted by molar-refractivity contribution is 7.89. The van der Waals surface area contributed by atoms with Crippen LogP contribution in [0.2, 0.25) is 0 Å². The van der Waals surface area contributed by atoms with E-state index in [2.05, 4.69) is 26.1 Å². The number of benzene rings is 2. The second-order valence-electron chi connectivity index (χ2n) is 8.73. The minimum Gasteiger partial charge on any atom is -0.467 e. The van der Waals surface area contributed by atoms with Crippen LogP contribution in [0.25, 0.3) is 0 Å². The number of rotatable bonds is 2. The maximum absolute atomic E-state index is 13.1. The monoisotopic (exact) mass is 414 g/mol. The van der Waals surface area contributed by atoms with Crippen LogP contribution in [0.4, 0.5) is 0 Å². The highest BCUT2D eigenvalue weighted by atomic mass is 32.2. The van der Waals surface area contributed by atoms with Crippen LogP contribution in [0, 0.1) is 0 Å². The molecule has 2 aromatic carbocycles. The number of sulfonamides is 1. The number of hydrogen-bond acceptors (Lipinski definition) is 4. The molecule has 0 saturated carbocycles. The molecular formula is C22H26N2O4S. The van der Waals surface area contributed by atoms with E-state index in [1.807, 2.05) is 18.2 Å². The number of carbonyl (C=O) groups is 1. The van der Waals surface area contributed by atoms with Crippen molar-refractivity contribution in [2.45, 2.75) is 49.6 Å². The zero-order chi connectivity index (χ0) is 20.9. The molecule has 1 saturated heterocycles. The Morgan fingerprint density at radius 1 is 1.00 bits per heavy atom. The van der Waals surface area contributed by atoms with E-state index in [1.54, 1.807) is 30.3 Å². The molecule has 29 heavy (non-hydrogen) atoms. The van der Waals surface area contributed by atoms with Crippen LogP contribution in [-0.2, 0) is 15.4 Å². The normalized spacial score (nSPS) is 19.3. The molecule has 7 heteroatoms. The van der Waals surface area contributed by atoms with Gasteiger partial charge in [0.15, 0.2) is 5.72 Å². The minimum absolute atomic E-state index is 0.0351. The van der Waals surface area contributed by atoms with Gasteiger partial charge in [-0.25, -0.2) is 8.42 Å². The third-order valence-corrected chi connectivity index (χ3v) is 7.58. The van der Waals surface area contributed by atoms with E-state index in [-0.39, 0.29) is 24.4 Å². The summed E-state index contributed by atoms with van der Waals surface area (Å²) in [6.45, 7) is 6.85. The summed E-state index contributed by atoms with van der Waals surface area (Å²) in [5, 5.41) is 2.94. The van der Waals surface area contributed by atoms with Gasteiger partial charge in [-0.15, -0.1) is 0 Å². The first kappa shape index (κ1) is 19.9. The smallest absolute Gasteiger partial charge is 0.258 e. The quantitative estimate of drug-likeness (QED) is 0.818. The predicted molar refractivity (Wildman–Crippen MR) is 110 cm³/mol. The number of piperidine rings is 1. The van der Waals surface area contributed by atoms with Crippen LogP contribution >= 0.6 is 0 Å². The average Bonchev–Trinajstić information content (AvgIpc) is 2.68.